The highest BCUT2D eigenvalue weighted by Gasteiger charge is 2.32. The number of ketones is 1. The maximum absolute atomic E-state index is 14.0. The van der Waals surface area contributed by atoms with E-state index >= 15 is 0 Å². The van der Waals surface area contributed by atoms with E-state index in [2.05, 4.69) is 0 Å². The molecule has 0 heterocycles. The lowest BCUT2D eigenvalue weighted by atomic mass is 10.1. The van der Waals surface area contributed by atoms with Crippen LogP contribution in [0, 0.1) is 0 Å². The molecule has 0 radical (unpaired) electrons. The third-order valence-corrected chi connectivity index (χ3v) is 3.61. The minimum atomic E-state index is -3.05. The number of carbonyl (C=O) groups excluding carboxylic acids is 1. The highest BCUT2D eigenvalue weighted by molar-refractivity contribution is 6.00. The molecule has 0 spiro atoms. The number of carbonyl (C=O) groups is 1. The van der Waals surface area contributed by atoms with E-state index in [0.717, 1.165) is 5.56 Å². The highest BCUT2D eigenvalue weighted by Crippen LogP contribution is 2.30. The van der Waals surface area contributed by atoms with Crippen molar-refractivity contribution in [2.24, 2.45) is 0 Å². The van der Waals surface area contributed by atoms with Crippen molar-refractivity contribution in [3.63, 3.8) is 0 Å². The normalized spacial score (nSPS) is 14.1. The summed E-state index contributed by atoms with van der Waals surface area (Å²) >= 11 is 0. The number of ether oxygens (including phenoxy) is 1. The van der Waals surface area contributed by atoms with Crippen molar-refractivity contribution in [3.8, 4) is 5.75 Å². The molecule has 2 aromatic carbocycles. The van der Waals surface area contributed by atoms with Crippen LogP contribution in [0.1, 0.15) is 27.9 Å². The summed E-state index contributed by atoms with van der Waals surface area (Å²) in [5.41, 5.74) is 1.49. The van der Waals surface area contributed by atoms with Crippen LogP contribution >= 0.6 is 0 Å². The first-order valence-electron chi connectivity index (χ1n) is 6.78. The first kappa shape index (κ1) is 13.7. The predicted molar refractivity (Wildman–Crippen MR) is 74.9 cm³/mol. The molecule has 0 amide bonds. The summed E-state index contributed by atoms with van der Waals surface area (Å²) in [6.07, 6.45) is 1.14. The smallest absolute Gasteiger partial charge is 0.306 e. The lowest BCUT2D eigenvalue weighted by Gasteiger charge is -2.17. The zero-order valence-electron chi connectivity index (χ0n) is 11.3. The number of hydrogen-bond donors (Lipinski definition) is 0. The maximum Gasteiger partial charge on any atom is 0.306 e. The van der Waals surface area contributed by atoms with Crippen molar-refractivity contribution in [1.29, 1.82) is 0 Å². The van der Waals surface area contributed by atoms with Gasteiger partial charge in [0.1, 0.15) is 5.75 Å². The molecule has 0 atom stereocenters. The lowest BCUT2D eigenvalue weighted by Crippen LogP contribution is -2.23. The number of hydrogen-bond acceptors (Lipinski definition) is 2. The van der Waals surface area contributed by atoms with Crippen molar-refractivity contribution in [2.45, 2.75) is 18.8 Å². The van der Waals surface area contributed by atoms with Crippen molar-refractivity contribution < 1.29 is 18.3 Å². The second-order valence-electron chi connectivity index (χ2n) is 5.10. The van der Waals surface area contributed by atoms with E-state index < -0.39 is 12.5 Å². The highest BCUT2D eigenvalue weighted by atomic mass is 19.3. The van der Waals surface area contributed by atoms with Gasteiger partial charge in [-0.15, -0.1) is 0 Å². The summed E-state index contributed by atoms with van der Waals surface area (Å²) < 4.78 is 33.2. The van der Waals surface area contributed by atoms with Gasteiger partial charge >= 0.3 is 5.92 Å². The number of Topliss-reactive ketones (excluding diaryl/α,β-unsaturated/α-hetero) is 1. The molecule has 0 unspecified atom stereocenters. The summed E-state index contributed by atoms with van der Waals surface area (Å²) in [4.78, 5) is 11.5. The van der Waals surface area contributed by atoms with Gasteiger partial charge in [0.25, 0.3) is 0 Å². The Morgan fingerprint density at radius 3 is 2.57 bits per heavy atom. The van der Waals surface area contributed by atoms with E-state index in [9.17, 15) is 13.6 Å². The monoisotopic (exact) mass is 288 g/mol. The van der Waals surface area contributed by atoms with Gasteiger partial charge in [-0.3, -0.25) is 4.79 Å². The second-order valence-corrected chi connectivity index (χ2v) is 5.10. The molecule has 0 saturated carbocycles. The summed E-state index contributed by atoms with van der Waals surface area (Å²) in [5.74, 6) is -2.57. The zero-order chi connectivity index (χ0) is 14.9. The van der Waals surface area contributed by atoms with Crippen LogP contribution in [-0.2, 0) is 12.3 Å². The summed E-state index contributed by atoms with van der Waals surface area (Å²) in [6.45, 7) is -0.719. The topological polar surface area (TPSA) is 26.3 Å². The van der Waals surface area contributed by atoms with Gasteiger partial charge in [0, 0.05) is 17.5 Å². The first-order chi connectivity index (χ1) is 10.1. The largest absolute Gasteiger partial charge is 0.487 e. The van der Waals surface area contributed by atoms with Gasteiger partial charge in [0.05, 0.1) is 0 Å². The van der Waals surface area contributed by atoms with Crippen LogP contribution in [0.15, 0.2) is 48.5 Å². The minimum absolute atomic E-state index is 0.0682. The molecule has 1 aliphatic rings. The lowest BCUT2D eigenvalue weighted by molar-refractivity contribution is -0.0467. The fourth-order valence-electron chi connectivity index (χ4n) is 2.46. The molecular formula is C17H14F2O2. The summed E-state index contributed by atoms with van der Waals surface area (Å²) in [6, 6.07) is 12.5. The molecule has 0 aliphatic heterocycles. The summed E-state index contributed by atoms with van der Waals surface area (Å²) in [7, 11) is 0. The van der Waals surface area contributed by atoms with Crippen LogP contribution in [0.3, 0.4) is 0 Å². The molecule has 0 N–H and O–H groups in total. The molecule has 2 aromatic rings. The van der Waals surface area contributed by atoms with Crippen LogP contribution < -0.4 is 4.74 Å². The Balaban J connectivity index is 1.72. The molecule has 2 nitrogen and oxygen atoms in total. The molecule has 0 saturated heterocycles. The molecular weight excluding hydrogens is 274 g/mol. The second kappa shape index (κ2) is 5.28. The van der Waals surface area contributed by atoms with Gasteiger partial charge in [0.2, 0.25) is 0 Å². The summed E-state index contributed by atoms with van der Waals surface area (Å²) in [5, 5.41) is 0. The number of fused-ring (bicyclic) bond motifs is 1. The van der Waals surface area contributed by atoms with Crippen LogP contribution in [0.4, 0.5) is 8.78 Å². The Labute approximate surface area is 121 Å². The Morgan fingerprint density at radius 2 is 1.81 bits per heavy atom. The van der Waals surface area contributed by atoms with Crippen molar-refractivity contribution in [2.75, 3.05) is 6.61 Å². The average molecular weight is 288 g/mol. The Bertz CT molecular complexity index is 666. The third kappa shape index (κ3) is 2.79. The van der Waals surface area contributed by atoms with E-state index in [-0.39, 0.29) is 11.3 Å². The fourth-order valence-corrected chi connectivity index (χ4v) is 2.46. The average Bonchev–Trinajstić information content (AvgIpc) is 2.87. The Hall–Kier alpha value is -2.23. The van der Waals surface area contributed by atoms with Crippen LogP contribution in [-0.4, -0.2) is 12.4 Å². The van der Waals surface area contributed by atoms with Crippen LogP contribution in [0.2, 0.25) is 0 Å². The number of benzene rings is 2. The molecule has 0 fully saturated rings. The fraction of sp³-hybridized carbons (Fsp3) is 0.235. The van der Waals surface area contributed by atoms with Gasteiger partial charge in [-0.2, -0.15) is 8.78 Å². The first-order valence-corrected chi connectivity index (χ1v) is 6.78. The predicted octanol–water partition coefficient (Wildman–Crippen LogP) is 3.99. The van der Waals surface area contributed by atoms with E-state index in [1.807, 2.05) is 0 Å². The van der Waals surface area contributed by atoms with E-state index in [0.29, 0.717) is 24.2 Å². The Kier molecular flexibility index (Phi) is 3.45. The van der Waals surface area contributed by atoms with Crippen LogP contribution in [0.25, 0.3) is 0 Å². The van der Waals surface area contributed by atoms with Gasteiger partial charge in [0.15, 0.2) is 12.4 Å². The van der Waals surface area contributed by atoms with Gasteiger partial charge in [-0.05, 0) is 30.2 Å². The number of alkyl halides is 2. The molecule has 0 aromatic heterocycles. The molecule has 21 heavy (non-hydrogen) atoms. The molecule has 108 valence electrons. The van der Waals surface area contributed by atoms with Crippen molar-refractivity contribution >= 4 is 5.78 Å². The van der Waals surface area contributed by atoms with E-state index in [1.54, 1.807) is 36.4 Å². The van der Waals surface area contributed by atoms with Crippen LogP contribution in [0.5, 0.6) is 5.75 Å². The molecule has 0 bridgehead atoms. The zero-order valence-corrected chi connectivity index (χ0v) is 11.3. The Morgan fingerprint density at radius 1 is 1.05 bits per heavy atom. The van der Waals surface area contributed by atoms with E-state index in [1.165, 1.54) is 12.1 Å². The quantitative estimate of drug-likeness (QED) is 0.850. The number of rotatable bonds is 4. The molecule has 4 heteroatoms. The van der Waals surface area contributed by atoms with Crippen molar-refractivity contribution in [1.82, 2.24) is 0 Å². The third-order valence-electron chi connectivity index (χ3n) is 3.61. The van der Waals surface area contributed by atoms with Crippen molar-refractivity contribution in [3.05, 3.63) is 65.2 Å². The SMILES string of the molecule is O=C1CCc2cc(OCC(F)(F)c3ccccc3)ccc21. The number of aryl methyl sites for hydroxylation is 1. The van der Waals surface area contributed by atoms with Gasteiger partial charge in [-0.25, -0.2) is 0 Å². The standard InChI is InChI=1S/C17H14F2O2/c18-17(19,13-4-2-1-3-5-13)11-21-14-7-8-15-12(10-14)6-9-16(15)20/h1-5,7-8,10H,6,9,11H2. The molecule has 1 aliphatic carbocycles. The minimum Gasteiger partial charge on any atom is -0.487 e. The van der Waals surface area contributed by atoms with E-state index in [4.69, 9.17) is 4.74 Å². The molecule has 3 rings (SSSR count). The maximum atomic E-state index is 14.0. The van der Waals surface area contributed by atoms with Gasteiger partial charge < -0.3 is 4.74 Å². The number of halogens is 2. The van der Waals surface area contributed by atoms with Gasteiger partial charge in [-0.1, -0.05) is 30.3 Å².